The summed E-state index contributed by atoms with van der Waals surface area (Å²) >= 11 is 0. The second-order valence-electron chi connectivity index (χ2n) is 7.55. The fourth-order valence-corrected chi connectivity index (χ4v) is 3.45. The van der Waals surface area contributed by atoms with Crippen molar-refractivity contribution in [1.82, 2.24) is 0 Å². The highest BCUT2D eigenvalue weighted by molar-refractivity contribution is 6.13. The number of rotatable bonds is 6. The van der Waals surface area contributed by atoms with Gasteiger partial charge in [-0.3, -0.25) is 10.1 Å². The molecule has 178 valence electrons. The number of benzene rings is 3. The number of para-hydroxylation sites is 1. The van der Waals surface area contributed by atoms with Crippen molar-refractivity contribution in [2.45, 2.75) is 0 Å². The van der Waals surface area contributed by atoms with Crippen molar-refractivity contribution in [3.05, 3.63) is 105 Å². The quantitative estimate of drug-likeness (QED) is 0.167. The standard InChI is InChI=1S/C26H16N2O8/c29-24(11-8-16-4-3-6-19(12-16)28(31)32)35-21-7-2-1-5-17(21)13-20-26(30)36-25(27-20)18-9-10-22-23(14-18)34-15-33-22/h1-14H,15H2/b11-8+,20-13+. The predicted octanol–water partition coefficient (Wildman–Crippen LogP) is 4.29. The van der Waals surface area contributed by atoms with Crippen molar-refractivity contribution in [3.8, 4) is 17.2 Å². The molecule has 0 N–H and O–H groups in total. The zero-order valence-electron chi connectivity index (χ0n) is 18.5. The molecule has 10 nitrogen and oxygen atoms in total. The smallest absolute Gasteiger partial charge is 0.363 e. The van der Waals surface area contributed by atoms with Crippen LogP contribution in [0.1, 0.15) is 16.7 Å². The van der Waals surface area contributed by atoms with E-state index in [9.17, 15) is 19.7 Å². The fraction of sp³-hybridized carbons (Fsp3) is 0.0385. The number of hydrogen-bond donors (Lipinski definition) is 0. The lowest BCUT2D eigenvalue weighted by Crippen LogP contribution is -2.06. The summed E-state index contributed by atoms with van der Waals surface area (Å²) in [6, 6.07) is 17.5. The molecule has 5 rings (SSSR count). The number of ether oxygens (including phenoxy) is 4. The number of hydrogen-bond acceptors (Lipinski definition) is 9. The molecule has 2 aliphatic heterocycles. The van der Waals surface area contributed by atoms with Crippen LogP contribution in [0.2, 0.25) is 0 Å². The Hall–Kier alpha value is -5.25. The first-order chi connectivity index (χ1) is 17.5. The van der Waals surface area contributed by atoms with Crippen LogP contribution in [-0.2, 0) is 14.3 Å². The number of nitrogens with zero attached hydrogens (tertiary/aromatic N) is 2. The van der Waals surface area contributed by atoms with E-state index < -0.39 is 16.9 Å². The van der Waals surface area contributed by atoms with Gasteiger partial charge in [-0.05, 0) is 42.0 Å². The minimum atomic E-state index is -0.703. The van der Waals surface area contributed by atoms with E-state index in [2.05, 4.69) is 4.99 Å². The summed E-state index contributed by atoms with van der Waals surface area (Å²) in [6.07, 6.45) is 4.02. The Morgan fingerprint density at radius 3 is 2.72 bits per heavy atom. The zero-order chi connectivity index (χ0) is 25.1. The Labute approximate surface area is 203 Å². The number of carbonyl (C=O) groups is 2. The van der Waals surface area contributed by atoms with Crippen LogP contribution < -0.4 is 14.2 Å². The Kier molecular flexibility index (Phi) is 5.98. The molecule has 0 amide bonds. The van der Waals surface area contributed by atoms with Crippen molar-refractivity contribution >= 4 is 35.7 Å². The zero-order valence-corrected chi connectivity index (χ0v) is 18.5. The van der Waals surface area contributed by atoms with Gasteiger partial charge in [-0.15, -0.1) is 0 Å². The summed E-state index contributed by atoms with van der Waals surface area (Å²) in [4.78, 5) is 39.5. The van der Waals surface area contributed by atoms with E-state index in [0.29, 0.717) is 28.2 Å². The number of cyclic esters (lactones) is 1. The van der Waals surface area contributed by atoms with Gasteiger partial charge in [0.05, 0.1) is 4.92 Å². The molecular weight excluding hydrogens is 468 g/mol. The molecule has 2 heterocycles. The van der Waals surface area contributed by atoms with Gasteiger partial charge in [0.2, 0.25) is 12.7 Å². The lowest BCUT2D eigenvalue weighted by Gasteiger charge is -2.05. The molecule has 0 bridgehead atoms. The molecular formula is C26H16N2O8. The summed E-state index contributed by atoms with van der Waals surface area (Å²) in [5.74, 6) is 0.0613. The second kappa shape index (κ2) is 9.55. The number of nitro benzene ring substituents is 1. The first-order valence-corrected chi connectivity index (χ1v) is 10.6. The topological polar surface area (TPSA) is 127 Å². The van der Waals surface area contributed by atoms with Crippen molar-refractivity contribution in [3.63, 3.8) is 0 Å². The number of nitro groups is 1. The van der Waals surface area contributed by atoms with Gasteiger partial charge in [0.25, 0.3) is 5.69 Å². The SMILES string of the molecule is O=C(/C=C/c1cccc([N+](=O)[O-])c1)Oc1ccccc1/C=C1/N=C(c2ccc3c(c2)OCO3)OC1=O. The van der Waals surface area contributed by atoms with E-state index in [0.717, 1.165) is 6.08 Å². The lowest BCUT2D eigenvalue weighted by molar-refractivity contribution is -0.384. The van der Waals surface area contributed by atoms with Crippen LogP contribution >= 0.6 is 0 Å². The molecule has 0 unspecified atom stereocenters. The van der Waals surface area contributed by atoms with E-state index in [1.165, 1.54) is 30.4 Å². The summed E-state index contributed by atoms with van der Waals surface area (Å²) in [6.45, 7) is 0.117. The van der Waals surface area contributed by atoms with E-state index in [4.69, 9.17) is 18.9 Å². The van der Waals surface area contributed by atoms with Gasteiger partial charge >= 0.3 is 11.9 Å². The molecule has 0 spiro atoms. The summed E-state index contributed by atoms with van der Waals surface area (Å²) in [7, 11) is 0. The monoisotopic (exact) mass is 484 g/mol. The highest BCUT2D eigenvalue weighted by Gasteiger charge is 2.26. The molecule has 0 aromatic heterocycles. The van der Waals surface area contributed by atoms with Gasteiger partial charge in [0, 0.05) is 29.3 Å². The molecule has 3 aromatic rings. The highest BCUT2D eigenvalue weighted by atomic mass is 16.7. The van der Waals surface area contributed by atoms with Crippen LogP contribution in [0.5, 0.6) is 17.2 Å². The minimum absolute atomic E-state index is 0.0262. The Morgan fingerprint density at radius 1 is 1.03 bits per heavy atom. The Bertz CT molecular complexity index is 1490. The number of carbonyl (C=O) groups excluding carboxylic acids is 2. The molecule has 0 saturated heterocycles. The number of aliphatic imine (C=N–C) groups is 1. The third kappa shape index (κ3) is 4.82. The van der Waals surface area contributed by atoms with Gasteiger partial charge in [0.1, 0.15) is 5.75 Å². The molecule has 36 heavy (non-hydrogen) atoms. The summed E-state index contributed by atoms with van der Waals surface area (Å²) in [5, 5.41) is 10.9. The number of fused-ring (bicyclic) bond motifs is 1. The van der Waals surface area contributed by atoms with Crippen LogP contribution in [-0.4, -0.2) is 29.6 Å². The van der Waals surface area contributed by atoms with Crippen molar-refractivity contribution < 1.29 is 33.5 Å². The lowest BCUT2D eigenvalue weighted by atomic mass is 10.1. The molecule has 10 heteroatoms. The summed E-state index contributed by atoms with van der Waals surface area (Å²) < 4.78 is 21.4. The summed E-state index contributed by atoms with van der Waals surface area (Å²) in [5.41, 5.74) is 1.37. The van der Waals surface area contributed by atoms with Crippen LogP contribution in [0.4, 0.5) is 5.69 Å². The maximum atomic E-state index is 12.4. The maximum absolute atomic E-state index is 12.4. The fourth-order valence-electron chi connectivity index (χ4n) is 3.45. The Morgan fingerprint density at radius 2 is 1.86 bits per heavy atom. The molecule has 0 atom stereocenters. The molecule has 0 aliphatic carbocycles. The van der Waals surface area contributed by atoms with Crippen molar-refractivity contribution in [1.29, 1.82) is 0 Å². The number of esters is 2. The average Bonchev–Trinajstić information content (AvgIpc) is 3.50. The number of non-ortho nitro benzene ring substituents is 1. The van der Waals surface area contributed by atoms with E-state index in [-0.39, 0.29) is 29.8 Å². The minimum Gasteiger partial charge on any atom is -0.454 e. The van der Waals surface area contributed by atoms with Crippen LogP contribution in [0.3, 0.4) is 0 Å². The maximum Gasteiger partial charge on any atom is 0.363 e. The first-order valence-electron chi connectivity index (χ1n) is 10.6. The van der Waals surface area contributed by atoms with Gasteiger partial charge < -0.3 is 18.9 Å². The van der Waals surface area contributed by atoms with Gasteiger partial charge in [-0.1, -0.05) is 30.3 Å². The van der Waals surface area contributed by atoms with Gasteiger partial charge in [0.15, 0.2) is 17.2 Å². The Balaban J connectivity index is 1.34. The third-order valence-electron chi connectivity index (χ3n) is 5.15. The molecule has 0 saturated carbocycles. The predicted molar refractivity (Wildman–Crippen MR) is 127 cm³/mol. The van der Waals surface area contributed by atoms with E-state index in [1.54, 1.807) is 48.5 Å². The molecule has 0 radical (unpaired) electrons. The molecule has 0 fully saturated rings. The third-order valence-corrected chi connectivity index (χ3v) is 5.15. The molecule has 2 aliphatic rings. The molecule has 3 aromatic carbocycles. The second-order valence-corrected chi connectivity index (χ2v) is 7.55. The van der Waals surface area contributed by atoms with Crippen molar-refractivity contribution in [2.24, 2.45) is 4.99 Å². The largest absolute Gasteiger partial charge is 0.454 e. The highest BCUT2D eigenvalue weighted by Crippen LogP contribution is 2.34. The van der Waals surface area contributed by atoms with Crippen LogP contribution in [0.15, 0.2) is 83.5 Å². The van der Waals surface area contributed by atoms with E-state index >= 15 is 0 Å². The van der Waals surface area contributed by atoms with Gasteiger partial charge in [-0.2, -0.15) is 0 Å². The average molecular weight is 484 g/mol. The van der Waals surface area contributed by atoms with E-state index in [1.807, 2.05) is 0 Å². The van der Waals surface area contributed by atoms with Crippen LogP contribution in [0, 0.1) is 10.1 Å². The van der Waals surface area contributed by atoms with Crippen LogP contribution in [0.25, 0.3) is 12.2 Å². The van der Waals surface area contributed by atoms with Gasteiger partial charge in [-0.25, -0.2) is 14.6 Å². The van der Waals surface area contributed by atoms with Crippen molar-refractivity contribution in [2.75, 3.05) is 6.79 Å². The first kappa shape index (κ1) is 22.5. The normalized spacial score (nSPS) is 15.2.